The molecule has 0 saturated heterocycles. The van der Waals surface area contributed by atoms with E-state index in [1.807, 2.05) is 44.2 Å². The summed E-state index contributed by atoms with van der Waals surface area (Å²) in [4.78, 5) is 24.8. The Labute approximate surface area is 167 Å². The van der Waals surface area contributed by atoms with Gasteiger partial charge in [-0.25, -0.2) is 4.79 Å². The predicted octanol–water partition coefficient (Wildman–Crippen LogP) is 4.82. The largest absolute Gasteiger partial charge is 0.452 e. The standard InChI is InChI=1S/C23H30N2O3/c1-4-7-15-24-20-14-9-8-13-19(20)23(27)28-16-21(26)25-22-17(5-2)11-10-12-18(22)6-3/h8-14,24H,4-7,15-16H2,1-3H3,(H,25,26). The molecule has 0 aromatic heterocycles. The minimum Gasteiger partial charge on any atom is -0.452 e. The Morgan fingerprint density at radius 2 is 1.61 bits per heavy atom. The molecule has 2 rings (SSSR count). The Kier molecular flexibility index (Phi) is 8.53. The maximum absolute atomic E-state index is 12.5. The molecule has 0 unspecified atom stereocenters. The van der Waals surface area contributed by atoms with E-state index >= 15 is 0 Å². The molecule has 0 saturated carbocycles. The fourth-order valence-electron chi connectivity index (χ4n) is 3.00. The van der Waals surface area contributed by atoms with Crippen LogP contribution in [-0.4, -0.2) is 25.0 Å². The lowest BCUT2D eigenvalue weighted by Gasteiger charge is -2.15. The van der Waals surface area contributed by atoms with Crippen LogP contribution in [0.1, 0.15) is 55.1 Å². The van der Waals surface area contributed by atoms with Gasteiger partial charge in [-0.2, -0.15) is 0 Å². The molecule has 2 N–H and O–H groups in total. The van der Waals surface area contributed by atoms with Crippen LogP contribution in [0.3, 0.4) is 0 Å². The van der Waals surface area contributed by atoms with E-state index in [-0.39, 0.29) is 12.5 Å². The van der Waals surface area contributed by atoms with Gasteiger partial charge in [0.2, 0.25) is 0 Å². The number of anilines is 2. The van der Waals surface area contributed by atoms with Gasteiger partial charge in [0.25, 0.3) is 5.91 Å². The number of benzene rings is 2. The van der Waals surface area contributed by atoms with Crippen molar-refractivity contribution in [3.8, 4) is 0 Å². The van der Waals surface area contributed by atoms with Crippen molar-refractivity contribution in [1.82, 2.24) is 0 Å². The summed E-state index contributed by atoms with van der Waals surface area (Å²) in [5, 5.41) is 6.16. The molecule has 0 bridgehead atoms. The predicted molar refractivity (Wildman–Crippen MR) is 114 cm³/mol. The van der Waals surface area contributed by atoms with Gasteiger partial charge in [-0.3, -0.25) is 4.79 Å². The first-order valence-electron chi connectivity index (χ1n) is 10.0. The number of aryl methyl sites for hydroxylation is 2. The van der Waals surface area contributed by atoms with E-state index in [1.165, 1.54) is 0 Å². The van der Waals surface area contributed by atoms with Gasteiger partial charge in [0.15, 0.2) is 6.61 Å². The molecule has 0 spiro atoms. The highest BCUT2D eigenvalue weighted by molar-refractivity contribution is 5.99. The number of hydrogen-bond acceptors (Lipinski definition) is 4. The van der Waals surface area contributed by atoms with Crippen LogP contribution in [0.2, 0.25) is 0 Å². The number of para-hydroxylation sites is 2. The average molecular weight is 383 g/mol. The second-order valence-electron chi connectivity index (χ2n) is 6.61. The highest BCUT2D eigenvalue weighted by Crippen LogP contribution is 2.22. The second-order valence-corrected chi connectivity index (χ2v) is 6.61. The minimum atomic E-state index is -0.505. The summed E-state index contributed by atoms with van der Waals surface area (Å²) in [6, 6.07) is 13.2. The van der Waals surface area contributed by atoms with E-state index in [2.05, 4.69) is 17.6 Å². The lowest BCUT2D eigenvalue weighted by Crippen LogP contribution is -2.22. The van der Waals surface area contributed by atoms with Crippen LogP contribution in [0, 0.1) is 0 Å². The van der Waals surface area contributed by atoms with Gasteiger partial charge in [0.1, 0.15) is 0 Å². The first-order chi connectivity index (χ1) is 13.6. The van der Waals surface area contributed by atoms with Gasteiger partial charge in [-0.05, 0) is 42.5 Å². The molecule has 150 valence electrons. The normalized spacial score (nSPS) is 10.4. The van der Waals surface area contributed by atoms with Gasteiger partial charge < -0.3 is 15.4 Å². The Balaban J connectivity index is 2.00. The van der Waals surface area contributed by atoms with Crippen LogP contribution >= 0.6 is 0 Å². The molecule has 5 nitrogen and oxygen atoms in total. The summed E-state index contributed by atoms with van der Waals surface area (Å²) >= 11 is 0. The molecule has 0 aliphatic rings. The Bertz CT molecular complexity index is 780. The van der Waals surface area contributed by atoms with Gasteiger partial charge in [0.05, 0.1) is 5.56 Å². The highest BCUT2D eigenvalue weighted by Gasteiger charge is 2.15. The van der Waals surface area contributed by atoms with Gasteiger partial charge in [0, 0.05) is 17.9 Å². The maximum atomic E-state index is 12.5. The fraction of sp³-hybridized carbons (Fsp3) is 0.391. The Morgan fingerprint density at radius 3 is 2.25 bits per heavy atom. The number of carbonyl (C=O) groups is 2. The molecular formula is C23H30N2O3. The van der Waals surface area contributed by atoms with E-state index in [0.717, 1.165) is 54.7 Å². The van der Waals surface area contributed by atoms with Crippen LogP contribution in [0.15, 0.2) is 42.5 Å². The van der Waals surface area contributed by atoms with E-state index in [9.17, 15) is 9.59 Å². The summed E-state index contributed by atoms with van der Waals surface area (Å²) < 4.78 is 5.27. The van der Waals surface area contributed by atoms with Crippen LogP contribution in [0.4, 0.5) is 11.4 Å². The number of rotatable bonds is 10. The first kappa shape index (κ1) is 21.5. The number of esters is 1. The van der Waals surface area contributed by atoms with Gasteiger partial charge >= 0.3 is 5.97 Å². The lowest BCUT2D eigenvalue weighted by molar-refractivity contribution is -0.119. The summed E-state index contributed by atoms with van der Waals surface area (Å²) in [5.74, 6) is -0.838. The van der Waals surface area contributed by atoms with E-state index in [4.69, 9.17) is 4.74 Å². The van der Waals surface area contributed by atoms with Crippen molar-refractivity contribution in [3.63, 3.8) is 0 Å². The van der Waals surface area contributed by atoms with Crippen LogP contribution in [-0.2, 0) is 22.4 Å². The van der Waals surface area contributed by atoms with Crippen molar-refractivity contribution in [2.45, 2.75) is 46.5 Å². The Morgan fingerprint density at radius 1 is 0.929 bits per heavy atom. The van der Waals surface area contributed by atoms with E-state index in [1.54, 1.807) is 12.1 Å². The van der Waals surface area contributed by atoms with Crippen LogP contribution < -0.4 is 10.6 Å². The van der Waals surface area contributed by atoms with Gasteiger partial charge in [-0.1, -0.05) is 57.5 Å². The molecule has 5 heteroatoms. The van der Waals surface area contributed by atoms with E-state index < -0.39 is 5.97 Å². The smallest absolute Gasteiger partial charge is 0.340 e. The van der Waals surface area contributed by atoms with E-state index in [0.29, 0.717) is 5.56 Å². The van der Waals surface area contributed by atoms with Crippen LogP contribution in [0.25, 0.3) is 0 Å². The maximum Gasteiger partial charge on any atom is 0.340 e. The molecule has 2 aromatic carbocycles. The molecule has 1 amide bonds. The molecular weight excluding hydrogens is 352 g/mol. The molecule has 28 heavy (non-hydrogen) atoms. The van der Waals surface area contributed by atoms with Crippen molar-refractivity contribution < 1.29 is 14.3 Å². The molecule has 0 atom stereocenters. The highest BCUT2D eigenvalue weighted by atomic mass is 16.5. The SMILES string of the molecule is CCCCNc1ccccc1C(=O)OCC(=O)Nc1c(CC)cccc1CC. The zero-order valence-corrected chi connectivity index (χ0v) is 17.0. The monoisotopic (exact) mass is 382 g/mol. The third-order valence-corrected chi connectivity index (χ3v) is 4.59. The zero-order valence-electron chi connectivity index (χ0n) is 17.0. The molecule has 0 aliphatic carbocycles. The summed E-state index contributed by atoms with van der Waals surface area (Å²) in [7, 11) is 0. The number of amides is 1. The Hall–Kier alpha value is -2.82. The quantitative estimate of drug-likeness (QED) is 0.457. The molecule has 0 aliphatic heterocycles. The second kappa shape index (κ2) is 11.1. The number of ether oxygens (including phenoxy) is 1. The topological polar surface area (TPSA) is 67.4 Å². The molecule has 2 aromatic rings. The first-order valence-corrected chi connectivity index (χ1v) is 10.0. The van der Waals surface area contributed by atoms with Crippen molar-refractivity contribution in [1.29, 1.82) is 0 Å². The van der Waals surface area contributed by atoms with Crippen molar-refractivity contribution >= 4 is 23.3 Å². The zero-order chi connectivity index (χ0) is 20.4. The minimum absolute atomic E-state index is 0.316. The third-order valence-electron chi connectivity index (χ3n) is 4.59. The number of carbonyl (C=O) groups excluding carboxylic acids is 2. The average Bonchev–Trinajstić information content (AvgIpc) is 2.72. The van der Waals surface area contributed by atoms with Crippen molar-refractivity contribution in [2.75, 3.05) is 23.8 Å². The van der Waals surface area contributed by atoms with Gasteiger partial charge in [-0.15, -0.1) is 0 Å². The number of hydrogen-bond donors (Lipinski definition) is 2. The molecule has 0 heterocycles. The summed E-state index contributed by atoms with van der Waals surface area (Å²) in [6.07, 6.45) is 3.72. The molecule has 0 radical (unpaired) electrons. The fourth-order valence-corrected chi connectivity index (χ4v) is 3.00. The summed E-state index contributed by atoms with van der Waals surface area (Å²) in [5.41, 5.74) is 4.14. The van der Waals surface area contributed by atoms with Crippen LogP contribution in [0.5, 0.6) is 0 Å². The van der Waals surface area contributed by atoms with Crippen molar-refractivity contribution in [3.05, 3.63) is 59.2 Å². The third kappa shape index (κ3) is 5.84. The lowest BCUT2D eigenvalue weighted by atomic mass is 10.0. The van der Waals surface area contributed by atoms with Crippen molar-refractivity contribution in [2.24, 2.45) is 0 Å². The number of unbranched alkanes of at least 4 members (excludes halogenated alkanes) is 1. The summed E-state index contributed by atoms with van der Waals surface area (Å²) in [6.45, 7) is 6.68. The number of nitrogens with one attached hydrogen (secondary N) is 2. The molecule has 0 fully saturated rings.